The molecular weight excluding hydrogens is 292 g/mol. The van der Waals surface area contributed by atoms with Crippen molar-refractivity contribution >= 4 is 35.0 Å². The van der Waals surface area contributed by atoms with Crippen molar-refractivity contribution in [3.63, 3.8) is 0 Å². The summed E-state index contributed by atoms with van der Waals surface area (Å²) in [5, 5.41) is 0. The number of hydrogen-bond donors (Lipinski definition) is 1. The molecule has 1 N–H and O–H groups in total. The lowest BCUT2D eigenvalue weighted by Gasteiger charge is -2.09. The zero-order valence-electron chi connectivity index (χ0n) is 11.6. The minimum absolute atomic E-state index is 0.699. The van der Waals surface area contributed by atoms with Crippen molar-refractivity contribution in [2.24, 2.45) is 0 Å². The highest BCUT2D eigenvalue weighted by atomic mass is 32.2. The molecule has 0 saturated carbocycles. The summed E-state index contributed by atoms with van der Waals surface area (Å²) in [6.45, 7) is 4.57. The Labute approximate surface area is 127 Å². The Bertz CT molecular complexity index is 661. The van der Waals surface area contributed by atoms with Crippen molar-refractivity contribution in [1.82, 2.24) is 9.55 Å². The SMILES string of the molecule is C=CCSCCn1c(=S)[nH]c2cc(OC)c(OC)cc21. The summed E-state index contributed by atoms with van der Waals surface area (Å²) in [5.41, 5.74) is 1.99. The number of aromatic nitrogens is 2. The molecule has 0 aliphatic rings. The van der Waals surface area contributed by atoms with E-state index < -0.39 is 0 Å². The van der Waals surface area contributed by atoms with Gasteiger partial charge in [-0.2, -0.15) is 11.8 Å². The molecule has 1 aromatic carbocycles. The van der Waals surface area contributed by atoms with E-state index in [1.165, 1.54) is 0 Å². The van der Waals surface area contributed by atoms with Crippen LogP contribution in [0.4, 0.5) is 0 Å². The first-order chi connectivity index (χ1) is 9.71. The number of rotatable bonds is 7. The lowest BCUT2D eigenvalue weighted by molar-refractivity contribution is 0.355. The molecule has 108 valence electrons. The van der Waals surface area contributed by atoms with Crippen LogP contribution in [0.5, 0.6) is 11.5 Å². The molecule has 0 saturated heterocycles. The number of thioether (sulfide) groups is 1. The van der Waals surface area contributed by atoms with Gasteiger partial charge in [-0.15, -0.1) is 6.58 Å². The van der Waals surface area contributed by atoms with E-state index in [1.54, 1.807) is 14.2 Å². The number of nitrogens with one attached hydrogen (secondary N) is 1. The summed E-state index contributed by atoms with van der Waals surface area (Å²) < 4.78 is 13.5. The highest BCUT2D eigenvalue weighted by Crippen LogP contribution is 2.31. The Hall–Kier alpha value is -1.40. The fraction of sp³-hybridized carbons (Fsp3) is 0.357. The van der Waals surface area contributed by atoms with Gasteiger partial charge in [-0.05, 0) is 12.2 Å². The molecule has 20 heavy (non-hydrogen) atoms. The Balaban J connectivity index is 2.36. The third-order valence-corrected chi connectivity index (χ3v) is 4.24. The number of aryl methyl sites for hydroxylation is 1. The van der Waals surface area contributed by atoms with E-state index in [-0.39, 0.29) is 0 Å². The summed E-state index contributed by atoms with van der Waals surface area (Å²) >= 11 is 7.22. The van der Waals surface area contributed by atoms with Gasteiger partial charge in [0.05, 0.1) is 25.3 Å². The van der Waals surface area contributed by atoms with Crippen molar-refractivity contribution in [3.05, 3.63) is 29.6 Å². The Morgan fingerprint density at radius 3 is 2.70 bits per heavy atom. The predicted molar refractivity (Wildman–Crippen MR) is 87.7 cm³/mol. The van der Waals surface area contributed by atoms with Crippen molar-refractivity contribution in [1.29, 1.82) is 0 Å². The number of benzene rings is 1. The molecule has 2 aromatic rings. The van der Waals surface area contributed by atoms with Gasteiger partial charge < -0.3 is 19.0 Å². The first kappa shape index (κ1) is 15.0. The highest BCUT2D eigenvalue weighted by molar-refractivity contribution is 7.99. The third kappa shape index (κ3) is 3.02. The summed E-state index contributed by atoms with van der Waals surface area (Å²) in [5.74, 6) is 3.35. The number of H-pyrrole nitrogens is 1. The topological polar surface area (TPSA) is 39.2 Å². The maximum absolute atomic E-state index is 5.39. The maximum atomic E-state index is 5.39. The molecule has 6 heteroatoms. The van der Waals surface area contributed by atoms with Crippen LogP contribution >= 0.6 is 24.0 Å². The summed E-state index contributed by atoms with van der Waals surface area (Å²) in [7, 11) is 3.26. The molecule has 1 aromatic heterocycles. The van der Waals surface area contributed by atoms with Gasteiger partial charge in [0.15, 0.2) is 16.3 Å². The van der Waals surface area contributed by atoms with Crippen molar-refractivity contribution in [2.45, 2.75) is 6.54 Å². The van der Waals surface area contributed by atoms with Gasteiger partial charge in [0, 0.05) is 30.2 Å². The summed E-state index contributed by atoms with van der Waals surface area (Å²) in [6.07, 6.45) is 1.91. The van der Waals surface area contributed by atoms with E-state index >= 15 is 0 Å². The number of imidazole rings is 1. The normalized spacial score (nSPS) is 10.7. The minimum atomic E-state index is 0.699. The standard InChI is InChI=1S/C14H18N2O2S2/c1-4-6-20-7-5-16-11-9-13(18-3)12(17-2)8-10(11)15-14(16)19/h4,8-9H,1,5-7H2,2-3H3,(H,15,19). The second-order valence-electron chi connectivity index (χ2n) is 4.17. The van der Waals surface area contributed by atoms with Crippen LogP contribution in [0.15, 0.2) is 24.8 Å². The van der Waals surface area contributed by atoms with Crippen molar-refractivity contribution < 1.29 is 9.47 Å². The van der Waals surface area contributed by atoms with E-state index in [0.717, 1.165) is 33.9 Å². The van der Waals surface area contributed by atoms with Crippen LogP contribution in [0.1, 0.15) is 0 Å². The maximum Gasteiger partial charge on any atom is 0.178 e. The number of fused-ring (bicyclic) bond motifs is 1. The number of hydrogen-bond acceptors (Lipinski definition) is 4. The Kier molecular flexibility index (Phi) is 5.14. The Morgan fingerprint density at radius 2 is 2.05 bits per heavy atom. The van der Waals surface area contributed by atoms with E-state index in [1.807, 2.05) is 30.0 Å². The van der Waals surface area contributed by atoms with Crippen LogP contribution < -0.4 is 9.47 Å². The van der Waals surface area contributed by atoms with Crippen LogP contribution in [0.25, 0.3) is 11.0 Å². The molecule has 0 fully saturated rings. The molecule has 0 unspecified atom stereocenters. The lowest BCUT2D eigenvalue weighted by Crippen LogP contribution is -2.01. The minimum Gasteiger partial charge on any atom is -0.493 e. The molecule has 0 radical (unpaired) electrons. The third-order valence-electron chi connectivity index (χ3n) is 2.97. The van der Waals surface area contributed by atoms with Crippen LogP contribution in [-0.4, -0.2) is 35.3 Å². The quantitative estimate of drug-likeness (QED) is 0.481. The zero-order chi connectivity index (χ0) is 14.5. The average molecular weight is 310 g/mol. The van der Waals surface area contributed by atoms with Gasteiger partial charge >= 0.3 is 0 Å². The summed E-state index contributed by atoms with van der Waals surface area (Å²) in [4.78, 5) is 3.21. The molecule has 0 amide bonds. The number of methoxy groups -OCH3 is 2. The summed E-state index contributed by atoms with van der Waals surface area (Å²) in [6, 6.07) is 3.87. The van der Waals surface area contributed by atoms with Gasteiger partial charge in [-0.25, -0.2) is 0 Å². The lowest BCUT2D eigenvalue weighted by atomic mass is 10.2. The van der Waals surface area contributed by atoms with Crippen LogP contribution in [-0.2, 0) is 6.54 Å². The molecule has 0 bridgehead atoms. The van der Waals surface area contributed by atoms with Gasteiger partial charge in [-0.1, -0.05) is 6.08 Å². The molecule has 4 nitrogen and oxygen atoms in total. The molecule has 0 atom stereocenters. The van der Waals surface area contributed by atoms with Crippen LogP contribution in [0.2, 0.25) is 0 Å². The van der Waals surface area contributed by atoms with Gasteiger partial charge in [-0.3, -0.25) is 0 Å². The van der Waals surface area contributed by atoms with Crippen LogP contribution in [0, 0.1) is 4.77 Å². The Morgan fingerprint density at radius 1 is 1.35 bits per heavy atom. The first-order valence-electron chi connectivity index (χ1n) is 6.24. The highest BCUT2D eigenvalue weighted by Gasteiger charge is 2.10. The monoisotopic (exact) mass is 310 g/mol. The van der Waals surface area contributed by atoms with E-state index in [0.29, 0.717) is 11.5 Å². The molecular formula is C14H18N2O2S2. The fourth-order valence-corrected chi connectivity index (χ4v) is 2.97. The molecule has 0 aliphatic heterocycles. The second kappa shape index (κ2) is 6.85. The number of nitrogens with zero attached hydrogens (tertiary/aromatic N) is 1. The molecule has 2 rings (SSSR count). The van der Waals surface area contributed by atoms with Crippen molar-refractivity contribution in [2.75, 3.05) is 25.7 Å². The van der Waals surface area contributed by atoms with E-state index in [9.17, 15) is 0 Å². The smallest absolute Gasteiger partial charge is 0.178 e. The largest absolute Gasteiger partial charge is 0.493 e. The van der Waals surface area contributed by atoms with E-state index in [4.69, 9.17) is 21.7 Å². The number of aromatic amines is 1. The number of ether oxygens (including phenoxy) is 2. The molecule has 1 heterocycles. The van der Waals surface area contributed by atoms with Crippen LogP contribution in [0.3, 0.4) is 0 Å². The van der Waals surface area contributed by atoms with Gasteiger partial charge in [0.2, 0.25) is 0 Å². The second-order valence-corrected chi connectivity index (χ2v) is 5.71. The predicted octanol–water partition coefficient (Wildman–Crippen LogP) is 3.64. The zero-order valence-corrected chi connectivity index (χ0v) is 13.3. The fourth-order valence-electron chi connectivity index (χ4n) is 2.03. The molecule has 0 aliphatic carbocycles. The average Bonchev–Trinajstić information content (AvgIpc) is 2.77. The van der Waals surface area contributed by atoms with Gasteiger partial charge in [0.1, 0.15) is 0 Å². The van der Waals surface area contributed by atoms with E-state index in [2.05, 4.69) is 16.1 Å². The van der Waals surface area contributed by atoms with Gasteiger partial charge in [0.25, 0.3) is 0 Å². The molecule has 0 spiro atoms. The first-order valence-corrected chi connectivity index (χ1v) is 7.80. The van der Waals surface area contributed by atoms with Crippen molar-refractivity contribution in [3.8, 4) is 11.5 Å².